The maximum Gasteiger partial charge on any atom is 0.295 e. The van der Waals surface area contributed by atoms with Crippen LogP contribution >= 0.6 is 15.9 Å². The normalized spacial score (nSPS) is 17.9. The summed E-state index contributed by atoms with van der Waals surface area (Å²) in [7, 11) is 0. The highest BCUT2D eigenvalue weighted by Gasteiger charge is 2.46. The van der Waals surface area contributed by atoms with E-state index in [0.29, 0.717) is 5.56 Å². The number of carbonyl (C=O) groups is 2. The first-order chi connectivity index (χ1) is 14.9. The SMILES string of the molecule is Cc1ccc(C)c(C(O)=C2C(=O)C(=O)N(Cc3cccnc3)C2c2cccc(Br)c2)c1. The highest BCUT2D eigenvalue weighted by atomic mass is 79.9. The summed E-state index contributed by atoms with van der Waals surface area (Å²) in [5.41, 5.74) is 3.98. The number of carbonyl (C=O) groups excluding carboxylic acids is 2. The van der Waals surface area contributed by atoms with E-state index < -0.39 is 17.7 Å². The predicted molar refractivity (Wildman–Crippen MR) is 122 cm³/mol. The number of halogens is 1. The van der Waals surface area contributed by atoms with E-state index in [1.165, 1.54) is 4.90 Å². The molecule has 1 saturated heterocycles. The fraction of sp³-hybridized carbons (Fsp3) is 0.160. The molecule has 1 aromatic heterocycles. The molecule has 1 fully saturated rings. The van der Waals surface area contributed by atoms with Crippen molar-refractivity contribution in [3.05, 3.63) is 105 Å². The van der Waals surface area contributed by atoms with Gasteiger partial charge in [0.1, 0.15) is 5.76 Å². The Morgan fingerprint density at radius 2 is 1.90 bits per heavy atom. The van der Waals surface area contributed by atoms with Gasteiger partial charge in [-0.1, -0.05) is 51.8 Å². The van der Waals surface area contributed by atoms with Gasteiger partial charge in [-0.05, 0) is 54.8 Å². The highest BCUT2D eigenvalue weighted by molar-refractivity contribution is 9.10. The summed E-state index contributed by atoms with van der Waals surface area (Å²) < 4.78 is 0.823. The zero-order chi connectivity index (χ0) is 22.1. The zero-order valence-electron chi connectivity index (χ0n) is 17.2. The number of ketones is 1. The second-order valence-corrected chi connectivity index (χ2v) is 8.58. The van der Waals surface area contributed by atoms with Crippen LogP contribution in [-0.4, -0.2) is 26.7 Å². The lowest BCUT2D eigenvalue weighted by Crippen LogP contribution is -2.29. The molecule has 5 nitrogen and oxygen atoms in total. The van der Waals surface area contributed by atoms with E-state index >= 15 is 0 Å². The number of Topliss-reactive ketones (excluding diaryl/α,β-unsaturated/α-hetero) is 1. The number of aryl methyl sites for hydroxylation is 2. The van der Waals surface area contributed by atoms with E-state index in [2.05, 4.69) is 20.9 Å². The number of aliphatic hydroxyl groups excluding tert-OH is 1. The van der Waals surface area contributed by atoms with Crippen LogP contribution in [0.15, 0.2) is 77.0 Å². The van der Waals surface area contributed by atoms with Gasteiger partial charge in [0.15, 0.2) is 0 Å². The van der Waals surface area contributed by atoms with E-state index in [4.69, 9.17) is 0 Å². The molecule has 1 amide bonds. The third-order valence-corrected chi connectivity index (χ3v) is 5.92. The van der Waals surface area contributed by atoms with Crippen molar-refractivity contribution < 1.29 is 14.7 Å². The monoisotopic (exact) mass is 476 g/mol. The number of benzene rings is 2. The molecule has 0 radical (unpaired) electrons. The second-order valence-electron chi connectivity index (χ2n) is 7.66. The molecular formula is C25H21BrN2O3. The summed E-state index contributed by atoms with van der Waals surface area (Å²) in [5, 5.41) is 11.3. The van der Waals surface area contributed by atoms with Crippen LogP contribution in [0.5, 0.6) is 0 Å². The van der Waals surface area contributed by atoms with E-state index in [1.807, 2.05) is 62.4 Å². The van der Waals surface area contributed by atoms with Crippen LogP contribution in [0.1, 0.15) is 33.9 Å². The summed E-state index contributed by atoms with van der Waals surface area (Å²) >= 11 is 3.47. The minimum absolute atomic E-state index is 0.0979. The first-order valence-corrected chi connectivity index (χ1v) is 10.7. The predicted octanol–water partition coefficient (Wildman–Crippen LogP) is 5.08. The van der Waals surface area contributed by atoms with Crippen LogP contribution in [0, 0.1) is 13.8 Å². The molecule has 0 aliphatic carbocycles. The first kappa shape index (κ1) is 21.0. The molecule has 2 heterocycles. The Labute approximate surface area is 189 Å². The fourth-order valence-electron chi connectivity index (χ4n) is 3.89. The average molecular weight is 477 g/mol. The van der Waals surface area contributed by atoms with Gasteiger partial charge in [0.2, 0.25) is 0 Å². The maximum absolute atomic E-state index is 13.1. The minimum Gasteiger partial charge on any atom is -0.507 e. The van der Waals surface area contributed by atoms with Crippen molar-refractivity contribution in [2.24, 2.45) is 0 Å². The van der Waals surface area contributed by atoms with Gasteiger partial charge in [0.05, 0.1) is 11.6 Å². The van der Waals surface area contributed by atoms with E-state index in [-0.39, 0.29) is 17.9 Å². The summed E-state index contributed by atoms with van der Waals surface area (Å²) in [5.74, 6) is -1.48. The van der Waals surface area contributed by atoms with Gasteiger partial charge in [-0.15, -0.1) is 0 Å². The molecule has 0 spiro atoms. The quantitative estimate of drug-likeness (QED) is 0.323. The van der Waals surface area contributed by atoms with Crippen LogP contribution in [-0.2, 0) is 16.1 Å². The minimum atomic E-state index is -0.711. The van der Waals surface area contributed by atoms with Gasteiger partial charge in [0.25, 0.3) is 11.7 Å². The third kappa shape index (κ3) is 4.03. The molecule has 4 rings (SSSR count). The Kier molecular flexibility index (Phi) is 5.74. The Bertz CT molecular complexity index is 1200. The summed E-state index contributed by atoms with van der Waals surface area (Å²) in [6.07, 6.45) is 3.33. The molecule has 1 N–H and O–H groups in total. The van der Waals surface area contributed by atoms with Crippen LogP contribution in [0.2, 0.25) is 0 Å². The van der Waals surface area contributed by atoms with Crippen LogP contribution in [0.3, 0.4) is 0 Å². The molecule has 1 aliphatic heterocycles. The lowest BCUT2D eigenvalue weighted by atomic mass is 9.93. The topological polar surface area (TPSA) is 70.5 Å². The zero-order valence-corrected chi connectivity index (χ0v) is 18.8. The highest BCUT2D eigenvalue weighted by Crippen LogP contribution is 2.41. The molecule has 31 heavy (non-hydrogen) atoms. The maximum atomic E-state index is 13.1. The van der Waals surface area contributed by atoms with Gasteiger partial charge < -0.3 is 10.0 Å². The Morgan fingerprint density at radius 1 is 1.10 bits per heavy atom. The lowest BCUT2D eigenvalue weighted by molar-refractivity contribution is -0.140. The number of aromatic nitrogens is 1. The molecule has 1 unspecified atom stereocenters. The summed E-state index contributed by atoms with van der Waals surface area (Å²) in [6, 6.07) is 16.0. The molecule has 156 valence electrons. The summed E-state index contributed by atoms with van der Waals surface area (Å²) in [6.45, 7) is 4.00. The van der Waals surface area contributed by atoms with Crippen molar-refractivity contribution in [1.82, 2.24) is 9.88 Å². The summed E-state index contributed by atoms with van der Waals surface area (Å²) in [4.78, 5) is 31.8. The van der Waals surface area contributed by atoms with Crippen molar-refractivity contribution in [2.45, 2.75) is 26.4 Å². The Balaban J connectivity index is 1.91. The van der Waals surface area contributed by atoms with Gasteiger partial charge in [-0.25, -0.2) is 0 Å². The number of rotatable bonds is 4. The molecule has 3 aromatic rings. The smallest absolute Gasteiger partial charge is 0.295 e. The number of likely N-dealkylation sites (tertiary alicyclic amines) is 1. The third-order valence-electron chi connectivity index (χ3n) is 5.43. The van der Waals surface area contributed by atoms with Gasteiger partial charge >= 0.3 is 0 Å². The molecule has 2 aromatic carbocycles. The van der Waals surface area contributed by atoms with Gasteiger partial charge in [0, 0.05) is 29.0 Å². The lowest BCUT2D eigenvalue weighted by Gasteiger charge is -2.25. The molecule has 0 bridgehead atoms. The van der Waals surface area contributed by atoms with Crippen molar-refractivity contribution in [3.63, 3.8) is 0 Å². The fourth-order valence-corrected chi connectivity index (χ4v) is 4.31. The van der Waals surface area contributed by atoms with Crippen molar-refractivity contribution in [1.29, 1.82) is 0 Å². The first-order valence-electron chi connectivity index (χ1n) is 9.87. The van der Waals surface area contributed by atoms with Gasteiger partial charge in [-0.3, -0.25) is 14.6 Å². The van der Waals surface area contributed by atoms with Crippen LogP contribution < -0.4 is 0 Å². The van der Waals surface area contributed by atoms with E-state index in [1.54, 1.807) is 18.5 Å². The number of aliphatic hydroxyl groups is 1. The Hall–Kier alpha value is -3.25. The number of hydrogen-bond acceptors (Lipinski definition) is 4. The number of nitrogens with zero attached hydrogens (tertiary/aromatic N) is 2. The number of hydrogen-bond donors (Lipinski definition) is 1. The number of pyridine rings is 1. The molecular weight excluding hydrogens is 456 g/mol. The van der Waals surface area contributed by atoms with Gasteiger partial charge in [-0.2, -0.15) is 0 Å². The van der Waals surface area contributed by atoms with Crippen molar-refractivity contribution in [2.75, 3.05) is 0 Å². The second kappa shape index (κ2) is 8.47. The Morgan fingerprint density at radius 3 is 2.61 bits per heavy atom. The molecule has 1 aliphatic rings. The molecule has 1 atom stereocenters. The van der Waals surface area contributed by atoms with E-state index in [0.717, 1.165) is 26.7 Å². The van der Waals surface area contributed by atoms with Crippen molar-refractivity contribution in [3.8, 4) is 0 Å². The largest absolute Gasteiger partial charge is 0.507 e. The van der Waals surface area contributed by atoms with Crippen LogP contribution in [0.4, 0.5) is 0 Å². The average Bonchev–Trinajstić information content (AvgIpc) is 3.00. The standard InChI is InChI=1S/C25H21BrN2O3/c1-15-8-9-16(2)20(11-15)23(29)21-22(18-6-3-7-19(26)12-18)28(25(31)24(21)30)14-17-5-4-10-27-13-17/h3-13,22,29H,14H2,1-2H3. The van der Waals surface area contributed by atoms with E-state index in [9.17, 15) is 14.7 Å². The molecule has 0 saturated carbocycles. The van der Waals surface area contributed by atoms with Crippen molar-refractivity contribution >= 4 is 33.4 Å². The molecule has 6 heteroatoms. The number of amides is 1. The van der Waals surface area contributed by atoms with Crippen LogP contribution in [0.25, 0.3) is 5.76 Å².